The number of nitrogens with one attached hydrogen (secondary N) is 1. The number of para-hydroxylation sites is 1. The fourth-order valence-corrected chi connectivity index (χ4v) is 2.75. The molecule has 0 aliphatic rings. The number of carbonyl (C=O) groups excluding carboxylic acids is 1. The second-order valence-corrected chi connectivity index (χ2v) is 6.41. The van der Waals surface area contributed by atoms with Crippen LogP contribution in [0.25, 0.3) is 0 Å². The molecule has 1 atom stereocenters. The Labute approximate surface area is 152 Å². The molecule has 1 amide bonds. The Balaban J connectivity index is 1.74. The highest BCUT2D eigenvalue weighted by molar-refractivity contribution is 6.30. The number of anilines is 1. The van der Waals surface area contributed by atoms with Crippen molar-refractivity contribution in [1.82, 2.24) is 0 Å². The lowest BCUT2D eigenvalue weighted by Crippen LogP contribution is -2.29. The lowest BCUT2D eigenvalue weighted by atomic mass is 9.98. The molecule has 4 nitrogen and oxygen atoms in total. The third-order valence-corrected chi connectivity index (χ3v) is 4.28. The van der Waals surface area contributed by atoms with Crippen LogP contribution >= 0.6 is 11.6 Å². The molecular formula is C20H22ClNO3. The molecule has 0 aliphatic heterocycles. The molecule has 5 heteroatoms. The molecular weight excluding hydrogens is 338 g/mol. The van der Waals surface area contributed by atoms with Crippen LogP contribution in [0.5, 0.6) is 0 Å². The van der Waals surface area contributed by atoms with E-state index in [0.717, 1.165) is 24.3 Å². The Morgan fingerprint density at radius 3 is 2.28 bits per heavy atom. The minimum atomic E-state index is -1.08. The van der Waals surface area contributed by atoms with Gasteiger partial charge in [0, 0.05) is 10.7 Å². The van der Waals surface area contributed by atoms with Crippen molar-refractivity contribution in [2.45, 2.75) is 32.1 Å². The maximum absolute atomic E-state index is 12.2. The van der Waals surface area contributed by atoms with Crippen LogP contribution in [0.4, 0.5) is 5.69 Å². The predicted molar refractivity (Wildman–Crippen MR) is 99.8 cm³/mol. The average molecular weight is 360 g/mol. The van der Waals surface area contributed by atoms with E-state index in [4.69, 9.17) is 11.6 Å². The zero-order valence-corrected chi connectivity index (χ0v) is 14.7. The molecule has 0 aliphatic carbocycles. The number of benzene rings is 2. The summed E-state index contributed by atoms with van der Waals surface area (Å²) in [5.41, 5.74) is 1.82. The van der Waals surface area contributed by atoms with Crippen LogP contribution in [-0.2, 0) is 16.0 Å². The van der Waals surface area contributed by atoms with Gasteiger partial charge in [0.2, 0.25) is 5.91 Å². The Morgan fingerprint density at radius 1 is 0.960 bits per heavy atom. The predicted octanol–water partition coefficient (Wildman–Crippen LogP) is 4.78. The number of unbranched alkanes of at least 4 members (excludes halogenated alkanes) is 2. The molecule has 2 rings (SSSR count). The number of hydrogen-bond acceptors (Lipinski definition) is 2. The van der Waals surface area contributed by atoms with Crippen LogP contribution in [0.15, 0.2) is 54.6 Å². The summed E-state index contributed by atoms with van der Waals surface area (Å²) in [6.45, 7) is 0. The van der Waals surface area contributed by atoms with Gasteiger partial charge in [-0.3, -0.25) is 9.59 Å². The van der Waals surface area contributed by atoms with E-state index in [2.05, 4.69) is 5.32 Å². The Hall–Kier alpha value is -2.33. The lowest BCUT2D eigenvalue weighted by Gasteiger charge is -2.12. The van der Waals surface area contributed by atoms with Gasteiger partial charge in [-0.2, -0.15) is 0 Å². The second kappa shape index (κ2) is 9.84. The molecule has 0 saturated carbocycles. The van der Waals surface area contributed by atoms with E-state index < -0.39 is 17.8 Å². The number of carbonyl (C=O) groups is 2. The standard InChI is InChI=1S/C20H22ClNO3/c21-16-13-11-15(12-14-16)7-3-1-6-10-18(20(24)25)19(23)22-17-8-4-2-5-9-17/h2,4-5,8-9,11-14,18H,1,3,6-7,10H2,(H,22,23)(H,24,25). The highest BCUT2D eigenvalue weighted by Crippen LogP contribution is 2.16. The zero-order chi connectivity index (χ0) is 18.1. The van der Waals surface area contributed by atoms with E-state index in [-0.39, 0.29) is 0 Å². The molecule has 0 bridgehead atoms. The van der Waals surface area contributed by atoms with Gasteiger partial charge in [0.15, 0.2) is 0 Å². The van der Waals surface area contributed by atoms with Crippen molar-refractivity contribution in [2.24, 2.45) is 5.92 Å². The summed E-state index contributed by atoms with van der Waals surface area (Å²) in [6.07, 6.45) is 3.80. The lowest BCUT2D eigenvalue weighted by molar-refractivity contribution is -0.145. The van der Waals surface area contributed by atoms with E-state index in [1.54, 1.807) is 24.3 Å². The SMILES string of the molecule is O=C(O)C(CCCCCc1ccc(Cl)cc1)C(=O)Nc1ccccc1. The largest absolute Gasteiger partial charge is 0.481 e. The number of aliphatic carboxylic acids is 1. The number of carboxylic acid groups (broad SMARTS) is 1. The maximum Gasteiger partial charge on any atom is 0.316 e. The molecule has 0 saturated heterocycles. The summed E-state index contributed by atoms with van der Waals surface area (Å²) in [6, 6.07) is 16.6. The van der Waals surface area contributed by atoms with Crippen LogP contribution in [0.1, 0.15) is 31.2 Å². The summed E-state index contributed by atoms with van der Waals surface area (Å²) < 4.78 is 0. The molecule has 0 spiro atoms. The Morgan fingerprint density at radius 2 is 1.64 bits per heavy atom. The minimum Gasteiger partial charge on any atom is -0.481 e. The van der Waals surface area contributed by atoms with Crippen molar-refractivity contribution < 1.29 is 14.7 Å². The van der Waals surface area contributed by atoms with Crippen LogP contribution in [0.3, 0.4) is 0 Å². The van der Waals surface area contributed by atoms with Crippen LogP contribution in [-0.4, -0.2) is 17.0 Å². The van der Waals surface area contributed by atoms with Crippen LogP contribution in [0, 0.1) is 5.92 Å². The van der Waals surface area contributed by atoms with Crippen molar-refractivity contribution in [1.29, 1.82) is 0 Å². The number of carboxylic acids is 1. The molecule has 2 aromatic carbocycles. The first-order chi connectivity index (χ1) is 12.1. The highest BCUT2D eigenvalue weighted by atomic mass is 35.5. The molecule has 0 radical (unpaired) electrons. The molecule has 0 aromatic heterocycles. The third-order valence-electron chi connectivity index (χ3n) is 4.03. The van der Waals surface area contributed by atoms with E-state index in [0.29, 0.717) is 18.5 Å². The number of rotatable bonds is 9. The van der Waals surface area contributed by atoms with Crippen molar-refractivity contribution in [3.63, 3.8) is 0 Å². The Kier molecular flexibility index (Phi) is 7.48. The normalized spacial score (nSPS) is 11.7. The first-order valence-corrected chi connectivity index (χ1v) is 8.77. The van der Waals surface area contributed by atoms with Crippen LogP contribution in [0.2, 0.25) is 5.02 Å². The topological polar surface area (TPSA) is 66.4 Å². The summed E-state index contributed by atoms with van der Waals surface area (Å²) in [5, 5.41) is 12.7. The number of aryl methyl sites for hydroxylation is 1. The van der Waals surface area contributed by atoms with Crippen molar-refractivity contribution in [3.8, 4) is 0 Å². The van der Waals surface area contributed by atoms with Crippen molar-refractivity contribution in [2.75, 3.05) is 5.32 Å². The molecule has 1 unspecified atom stereocenters. The first kappa shape index (κ1) is 19.0. The fourth-order valence-electron chi connectivity index (χ4n) is 2.62. The summed E-state index contributed by atoms with van der Waals surface area (Å²) >= 11 is 5.85. The average Bonchev–Trinajstić information content (AvgIpc) is 2.60. The molecule has 25 heavy (non-hydrogen) atoms. The molecule has 132 valence electrons. The Bertz CT molecular complexity index is 686. The monoisotopic (exact) mass is 359 g/mol. The van der Waals surface area contributed by atoms with E-state index in [1.807, 2.05) is 30.3 Å². The molecule has 0 heterocycles. The number of halogens is 1. The second-order valence-electron chi connectivity index (χ2n) is 5.97. The minimum absolute atomic E-state index is 0.342. The molecule has 2 aromatic rings. The smallest absolute Gasteiger partial charge is 0.316 e. The van der Waals surface area contributed by atoms with Gasteiger partial charge >= 0.3 is 5.97 Å². The van der Waals surface area contributed by atoms with Gasteiger partial charge in [-0.1, -0.05) is 54.8 Å². The highest BCUT2D eigenvalue weighted by Gasteiger charge is 2.25. The van der Waals surface area contributed by atoms with Gasteiger partial charge in [0.05, 0.1) is 0 Å². The number of hydrogen-bond donors (Lipinski definition) is 2. The van der Waals surface area contributed by atoms with Crippen molar-refractivity contribution >= 4 is 29.2 Å². The van der Waals surface area contributed by atoms with Gasteiger partial charge in [-0.05, 0) is 49.1 Å². The van der Waals surface area contributed by atoms with E-state index in [1.165, 1.54) is 5.56 Å². The van der Waals surface area contributed by atoms with Gasteiger partial charge in [-0.15, -0.1) is 0 Å². The van der Waals surface area contributed by atoms with Gasteiger partial charge < -0.3 is 10.4 Å². The van der Waals surface area contributed by atoms with E-state index in [9.17, 15) is 14.7 Å². The quantitative estimate of drug-likeness (QED) is 0.500. The third kappa shape index (κ3) is 6.59. The van der Waals surface area contributed by atoms with Crippen LogP contribution < -0.4 is 5.32 Å². The molecule has 0 fully saturated rings. The summed E-state index contributed by atoms with van der Waals surface area (Å²) in [7, 11) is 0. The number of amides is 1. The first-order valence-electron chi connectivity index (χ1n) is 8.39. The summed E-state index contributed by atoms with van der Waals surface area (Å²) in [5.74, 6) is -2.56. The van der Waals surface area contributed by atoms with Gasteiger partial charge in [-0.25, -0.2) is 0 Å². The van der Waals surface area contributed by atoms with Gasteiger partial charge in [0.25, 0.3) is 0 Å². The zero-order valence-electron chi connectivity index (χ0n) is 14.0. The molecule has 2 N–H and O–H groups in total. The fraction of sp³-hybridized carbons (Fsp3) is 0.300. The van der Waals surface area contributed by atoms with Gasteiger partial charge in [0.1, 0.15) is 5.92 Å². The van der Waals surface area contributed by atoms with Crippen molar-refractivity contribution in [3.05, 3.63) is 65.2 Å². The van der Waals surface area contributed by atoms with E-state index >= 15 is 0 Å². The summed E-state index contributed by atoms with van der Waals surface area (Å²) in [4.78, 5) is 23.5. The maximum atomic E-state index is 12.2.